The standard InChI is InChI=1S/C57H57ClN8O16/c58-33-15-25-4-8-37(33)82-39-17-28-16-38(50(39)72)81-29-5-1-23(2-6-29)49(71)47-56(78)65-45(57(79)80)31-18-36(68)46(61-20-32-26-10-21-9-22(12-26)13-27(32)11-21)51(73)41(31)30-14-24(3-7-35(30)67)43(54(76)66-47)64-55(77)44(28)63-52(74)34(19-40(59)69)62-53(75)42(60)48(25)70/h1-8,14-18,21-22,26-27,32,34,42-45,47-49,61,67-68,70-73H,9-13,19-20,60H2,(H2,59,69)(H,62,75)(H,63,74)(H,64,77)(H,65,78)(H,66,76)(H,79,80)/t21?,22?,26?,27?,32?,34-,42+,43+,44+,45-,47-,48+,49+/m0/s1. The molecule has 82 heavy (non-hydrogen) atoms. The molecule has 4 fully saturated rings. The maximum absolute atomic E-state index is 15.4. The number of hydrogen-bond acceptors (Lipinski definition) is 17. The number of fused-ring (bicyclic) bond motifs is 15. The fraction of sp³-hybridized carbons (Fsp3) is 0.351. The van der Waals surface area contributed by atoms with Crippen molar-refractivity contribution in [3.8, 4) is 57.1 Å². The Kier molecular flexibility index (Phi) is 14.5. The zero-order valence-electron chi connectivity index (χ0n) is 43.3. The molecule has 0 radical (unpaired) electrons. The number of rotatable bonds is 6. The number of aliphatic carboxylic acids is 1. The molecule has 0 unspecified atom stereocenters. The summed E-state index contributed by atoms with van der Waals surface area (Å²) in [6.45, 7) is 0.321. The van der Waals surface area contributed by atoms with Crippen LogP contribution in [0, 0.1) is 29.6 Å². The van der Waals surface area contributed by atoms with Crippen molar-refractivity contribution >= 4 is 58.7 Å². The van der Waals surface area contributed by atoms with Gasteiger partial charge in [-0.25, -0.2) is 4.79 Å². The highest BCUT2D eigenvalue weighted by Crippen LogP contribution is 2.57. The number of primary amides is 1. The molecule has 0 spiro atoms. The summed E-state index contributed by atoms with van der Waals surface area (Å²) in [6, 6.07) is 3.48. The summed E-state index contributed by atoms with van der Waals surface area (Å²) < 4.78 is 12.2. The van der Waals surface area contributed by atoms with Crippen LogP contribution in [0.3, 0.4) is 0 Å². The van der Waals surface area contributed by atoms with Crippen LogP contribution in [0.5, 0.6) is 46.0 Å². The minimum Gasteiger partial charge on any atom is -0.507 e. The molecular formula is C57H57ClN8O16. The number of halogens is 1. The van der Waals surface area contributed by atoms with Crippen molar-refractivity contribution in [3.63, 3.8) is 0 Å². The second-order valence-electron chi connectivity index (χ2n) is 22.0. The molecule has 17 N–H and O–H groups in total. The van der Waals surface area contributed by atoms with Gasteiger partial charge in [-0.15, -0.1) is 0 Å². The van der Waals surface area contributed by atoms with Crippen LogP contribution in [0.4, 0.5) is 5.69 Å². The number of carbonyl (C=O) groups is 7. The molecule has 5 aromatic carbocycles. The maximum Gasteiger partial charge on any atom is 0.330 e. The number of anilines is 1. The van der Waals surface area contributed by atoms with Crippen LogP contribution in [-0.4, -0.2) is 102 Å². The monoisotopic (exact) mass is 1140 g/mol. The molecular weight excluding hydrogens is 1090 g/mol. The number of carboxylic acid groups (broad SMARTS) is 1. The van der Waals surface area contributed by atoms with Crippen molar-refractivity contribution in [2.24, 2.45) is 41.1 Å². The highest BCUT2D eigenvalue weighted by Gasteiger charge is 2.48. The van der Waals surface area contributed by atoms with Crippen LogP contribution in [0.1, 0.15) is 96.7 Å². The molecule has 5 aromatic rings. The highest BCUT2D eigenvalue weighted by molar-refractivity contribution is 6.32. The van der Waals surface area contributed by atoms with E-state index in [9.17, 15) is 59.7 Å². The Hall–Kier alpha value is -8.84. The van der Waals surface area contributed by atoms with Gasteiger partial charge < -0.3 is 88.6 Å². The zero-order chi connectivity index (χ0) is 58.2. The second kappa shape index (κ2) is 21.6. The molecule has 428 valence electrons. The van der Waals surface area contributed by atoms with Crippen LogP contribution in [-0.2, 0) is 33.6 Å². The van der Waals surface area contributed by atoms with E-state index in [0.717, 1.165) is 56.0 Å². The summed E-state index contributed by atoms with van der Waals surface area (Å²) in [7, 11) is 0. The number of carbonyl (C=O) groups excluding carboxylic acids is 6. The van der Waals surface area contributed by atoms with Crippen LogP contribution in [0.2, 0.25) is 5.02 Å². The smallest absolute Gasteiger partial charge is 0.330 e. The van der Waals surface area contributed by atoms with Crippen LogP contribution in [0.25, 0.3) is 11.1 Å². The van der Waals surface area contributed by atoms with Crippen molar-refractivity contribution in [1.82, 2.24) is 26.6 Å². The first kappa shape index (κ1) is 55.1. The fourth-order valence-corrected chi connectivity index (χ4v) is 13.1. The molecule has 9 aliphatic rings. The predicted molar refractivity (Wildman–Crippen MR) is 288 cm³/mol. The molecule has 25 heteroatoms. The van der Waals surface area contributed by atoms with E-state index in [1.165, 1.54) is 55.0 Å². The Morgan fingerprint density at radius 1 is 0.622 bits per heavy atom. The number of phenolic OH excluding ortho intramolecular Hbond substituents is 4. The van der Waals surface area contributed by atoms with Gasteiger partial charge in [0.1, 0.15) is 71.1 Å². The molecule has 24 nitrogen and oxygen atoms in total. The summed E-state index contributed by atoms with van der Waals surface area (Å²) in [5.41, 5.74) is 9.72. The minimum atomic E-state index is -2.15. The van der Waals surface area contributed by atoms with Crippen LogP contribution in [0.15, 0.2) is 78.9 Å². The number of nitrogens with two attached hydrogens (primary N) is 2. The Balaban J connectivity index is 1.08. The van der Waals surface area contributed by atoms with Crippen LogP contribution >= 0.6 is 11.6 Å². The fourth-order valence-electron chi connectivity index (χ4n) is 12.9. The molecule has 5 aliphatic heterocycles. The highest BCUT2D eigenvalue weighted by atomic mass is 35.5. The van der Waals surface area contributed by atoms with Crippen molar-refractivity contribution < 1.29 is 78.8 Å². The number of aliphatic hydroxyl groups is 2. The van der Waals surface area contributed by atoms with Gasteiger partial charge in [0.05, 0.1) is 11.4 Å². The van der Waals surface area contributed by atoms with E-state index in [1.807, 2.05) is 0 Å². The van der Waals surface area contributed by atoms with Gasteiger partial charge in [0.25, 0.3) is 0 Å². The average molecular weight is 1150 g/mol. The largest absolute Gasteiger partial charge is 0.507 e. The zero-order valence-corrected chi connectivity index (χ0v) is 44.1. The lowest BCUT2D eigenvalue weighted by molar-refractivity contribution is -0.143. The summed E-state index contributed by atoms with van der Waals surface area (Å²) in [5.74, 6) is -10.6. The molecule has 5 heterocycles. The van der Waals surface area contributed by atoms with Gasteiger partial charge in [-0.2, -0.15) is 0 Å². The second-order valence-corrected chi connectivity index (χ2v) is 22.4. The molecule has 4 saturated carbocycles. The third-order valence-electron chi connectivity index (χ3n) is 16.8. The number of aromatic hydroxyl groups is 4. The molecule has 8 atom stereocenters. The van der Waals surface area contributed by atoms with Crippen molar-refractivity contribution in [2.45, 2.75) is 87.0 Å². The number of ether oxygens (including phenoxy) is 2. The number of amides is 6. The van der Waals surface area contributed by atoms with E-state index in [0.29, 0.717) is 30.2 Å². The Morgan fingerprint density at radius 3 is 1.90 bits per heavy atom. The van der Waals surface area contributed by atoms with E-state index in [4.69, 9.17) is 32.5 Å². The Labute approximate surface area is 471 Å². The van der Waals surface area contributed by atoms with Gasteiger partial charge in [0.15, 0.2) is 23.3 Å². The number of nitrogens with one attached hydrogen (secondary N) is 6. The maximum atomic E-state index is 15.4. The van der Waals surface area contributed by atoms with Gasteiger partial charge in [0, 0.05) is 23.2 Å². The molecule has 0 saturated heterocycles. The summed E-state index contributed by atoms with van der Waals surface area (Å²) in [5, 5.41) is 97.0. The number of phenols is 4. The summed E-state index contributed by atoms with van der Waals surface area (Å²) in [6.07, 6.45) is 0.742. The van der Waals surface area contributed by atoms with E-state index in [1.54, 1.807) is 0 Å². The summed E-state index contributed by atoms with van der Waals surface area (Å²) >= 11 is 6.64. The number of benzene rings is 5. The van der Waals surface area contributed by atoms with E-state index >= 15 is 9.59 Å². The summed E-state index contributed by atoms with van der Waals surface area (Å²) in [4.78, 5) is 99.4. The number of hydrogen-bond donors (Lipinski definition) is 15. The van der Waals surface area contributed by atoms with Gasteiger partial charge >= 0.3 is 5.97 Å². The van der Waals surface area contributed by atoms with E-state index in [2.05, 4.69) is 31.9 Å². The van der Waals surface area contributed by atoms with Crippen LogP contribution < -0.4 is 52.8 Å². The molecule has 6 amide bonds. The third-order valence-corrected chi connectivity index (χ3v) is 17.0. The number of aliphatic hydroxyl groups excluding tert-OH is 2. The van der Waals surface area contributed by atoms with Gasteiger partial charge in [-0.05, 0) is 139 Å². The van der Waals surface area contributed by atoms with Crippen molar-refractivity contribution in [3.05, 3.63) is 112 Å². The van der Waals surface area contributed by atoms with Gasteiger partial charge in [0.2, 0.25) is 41.2 Å². The lowest BCUT2D eigenvalue weighted by atomic mass is 9.52. The lowest BCUT2D eigenvalue weighted by Crippen LogP contribution is -2.56. The molecule has 0 aromatic heterocycles. The topological polar surface area (TPSA) is 404 Å². The quantitative estimate of drug-likeness (QED) is 0.108. The lowest BCUT2D eigenvalue weighted by Gasteiger charge is -2.54. The SMILES string of the molecule is NC(=O)C[C@@H]1NC(=O)[C@H](N)[C@H](O)c2ccc(c(Cl)c2)Oc2cc3cc(c2O)Oc2ccc(cc2)[C@@H](O)[C@@H]2NC(=O)[C@H](NC(=O)[C@@H]3NC1=O)c1ccc(O)c(c1)-c1c(cc(O)c(NCC3C4CC5CC(C4)CC3C5)c1O)[C@@H](C(=O)O)NC2=O. The molecule has 15 bridgehead atoms. The van der Waals surface area contributed by atoms with E-state index < -0.39 is 142 Å². The normalized spacial score (nSPS) is 28.4. The first-order chi connectivity index (χ1) is 39.1. The first-order valence-corrected chi connectivity index (χ1v) is 26.9. The minimum absolute atomic E-state index is 0.0148. The van der Waals surface area contributed by atoms with Crippen molar-refractivity contribution in [1.29, 1.82) is 0 Å². The Morgan fingerprint density at radius 2 is 1.24 bits per heavy atom. The Bertz CT molecular complexity index is 3460. The molecule has 4 aliphatic carbocycles. The van der Waals surface area contributed by atoms with Gasteiger partial charge in [-0.3, -0.25) is 28.8 Å². The van der Waals surface area contributed by atoms with E-state index in [-0.39, 0.29) is 55.9 Å². The first-order valence-electron chi connectivity index (χ1n) is 26.5. The third kappa shape index (κ3) is 10.3. The van der Waals surface area contributed by atoms with Gasteiger partial charge in [-0.1, -0.05) is 35.9 Å². The van der Waals surface area contributed by atoms with Crippen molar-refractivity contribution in [2.75, 3.05) is 11.9 Å². The number of carboxylic acids is 1. The molecule has 14 rings (SSSR count). The average Bonchev–Trinajstić information content (AvgIpc) is 3.39. The predicted octanol–water partition coefficient (Wildman–Crippen LogP) is 3.43.